The Kier molecular flexibility index (Phi) is 6.70. The number of hydrogen-bond donors (Lipinski definition) is 0. The summed E-state index contributed by atoms with van der Waals surface area (Å²) in [6, 6.07) is 10.2. The van der Waals surface area contributed by atoms with E-state index in [1.807, 2.05) is 43.8 Å². The maximum atomic E-state index is 13.7. The Morgan fingerprint density at radius 3 is 2.41 bits per heavy atom. The Bertz CT molecular complexity index is 1390. The van der Waals surface area contributed by atoms with Crippen molar-refractivity contribution in [1.82, 2.24) is 24.1 Å². The average Bonchev–Trinajstić information content (AvgIpc) is 3.38. The van der Waals surface area contributed by atoms with Gasteiger partial charge in [-0.2, -0.15) is 5.10 Å². The van der Waals surface area contributed by atoms with E-state index in [1.54, 1.807) is 9.30 Å². The van der Waals surface area contributed by atoms with E-state index < -0.39 is 0 Å². The molecule has 0 atom stereocenters. The number of carbonyl (C=O) groups excluding carboxylic acids is 1. The number of benzene rings is 1. The molecule has 0 radical (unpaired) electrons. The molecule has 0 bridgehead atoms. The maximum Gasteiger partial charge on any atom is 0.268 e. The van der Waals surface area contributed by atoms with E-state index in [0.29, 0.717) is 46.6 Å². The van der Waals surface area contributed by atoms with Crippen molar-refractivity contribution in [3.63, 3.8) is 0 Å². The van der Waals surface area contributed by atoms with E-state index in [0.717, 1.165) is 11.4 Å². The number of amides is 1. The minimum atomic E-state index is -0.189. The fourth-order valence-electron chi connectivity index (χ4n) is 4.23. The topological polar surface area (TPSA) is 72.5 Å². The van der Waals surface area contributed by atoms with Crippen LogP contribution < -0.4 is 5.56 Å². The third-order valence-electron chi connectivity index (χ3n) is 6.22. The number of rotatable bonds is 7. The van der Waals surface area contributed by atoms with Gasteiger partial charge in [-0.1, -0.05) is 26.0 Å². The smallest absolute Gasteiger partial charge is 0.268 e. The molecule has 0 unspecified atom stereocenters. The van der Waals surface area contributed by atoms with Crippen molar-refractivity contribution in [2.45, 2.75) is 53.9 Å². The van der Waals surface area contributed by atoms with Crippen molar-refractivity contribution in [2.24, 2.45) is 0 Å². The van der Waals surface area contributed by atoms with Crippen LogP contribution in [0.15, 0.2) is 40.5 Å². The first-order valence-corrected chi connectivity index (χ1v) is 12.6. The van der Waals surface area contributed by atoms with Gasteiger partial charge < -0.3 is 4.90 Å². The lowest BCUT2D eigenvalue weighted by Crippen LogP contribution is -2.32. The van der Waals surface area contributed by atoms with Gasteiger partial charge in [0, 0.05) is 29.9 Å². The average molecular weight is 478 g/mol. The molecule has 0 saturated heterocycles. The minimum Gasteiger partial charge on any atom is -0.343 e. The van der Waals surface area contributed by atoms with E-state index in [-0.39, 0.29) is 17.9 Å². The highest BCUT2D eigenvalue weighted by Crippen LogP contribution is 2.24. The molecule has 0 saturated carbocycles. The van der Waals surface area contributed by atoms with Gasteiger partial charge in [-0.15, -0.1) is 11.3 Å². The zero-order valence-corrected chi connectivity index (χ0v) is 21.4. The normalized spacial score (nSPS) is 11.5. The molecule has 1 amide bonds. The highest BCUT2D eigenvalue weighted by molar-refractivity contribution is 7.15. The first-order chi connectivity index (χ1) is 16.2. The number of carbonyl (C=O) groups is 1. The van der Waals surface area contributed by atoms with Crippen LogP contribution in [0.25, 0.3) is 21.9 Å². The summed E-state index contributed by atoms with van der Waals surface area (Å²) in [4.78, 5) is 33.4. The molecule has 0 aliphatic heterocycles. The standard InChI is InChI=1S/C26H31N5O2S/c1-7-29(8-2)23(32)14-21-15-34-26-27-18(6)24(25(33)30(21)26)22-13-17(5)31(28-22)20-11-9-19(10-12-20)16(3)4/h9-13,15-16H,7-8,14H2,1-6H3. The largest absolute Gasteiger partial charge is 0.343 e. The molecule has 0 N–H and O–H groups in total. The van der Waals surface area contributed by atoms with Crippen LogP contribution in [0.5, 0.6) is 0 Å². The van der Waals surface area contributed by atoms with Gasteiger partial charge in [-0.3, -0.25) is 14.0 Å². The summed E-state index contributed by atoms with van der Waals surface area (Å²) in [7, 11) is 0. The predicted octanol–water partition coefficient (Wildman–Crippen LogP) is 4.76. The quantitative estimate of drug-likeness (QED) is 0.385. The summed E-state index contributed by atoms with van der Waals surface area (Å²) in [5.74, 6) is 0.459. The summed E-state index contributed by atoms with van der Waals surface area (Å²) in [6.45, 7) is 13.3. The van der Waals surface area contributed by atoms with Crippen LogP contribution in [-0.4, -0.2) is 43.1 Å². The van der Waals surface area contributed by atoms with E-state index >= 15 is 0 Å². The molecule has 3 heterocycles. The molecule has 4 aromatic rings. The molecule has 0 fully saturated rings. The lowest BCUT2D eigenvalue weighted by atomic mass is 10.0. The minimum absolute atomic E-state index is 0.00342. The Morgan fingerprint density at radius 2 is 1.79 bits per heavy atom. The summed E-state index contributed by atoms with van der Waals surface area (Å²) < 4.78 is 3.42. The Labute approximate surface area is 203 Å². The monoisotopic (exact) mass is 477 g/mol. The first-order valence-electron chi connectivity index (χ1n) is 11.7. The highest BCUT2D eigenvalue weighted by atomic mass is 32.1. The van der Waals surface area contributed by atoms with E-state index in [9.17, 15) is 9.59 Å². The Balaban J connectivity index is 1.77. The van der Waals surface area contributed by atoms with Crippen molar-refractivity contribution in [1.29, 1.82) is 0 Å². The molecule has 0 spiro atoms. The van der Waals surface area contributed by atoms with E-state index in [2.05, 4.69) is 43.1 Å². The fraction of sp³-hybridized carbons (Fsp3) is 0.385. The zero-order chi connectivity index (χ0) is 24.6. The summed E-state index contributed by atoms with van der Waals surface area (Å²) in [5, 5.41) is 6.63. The Morgan fingerprint density at radius 1 is 1.12 bits per heavy atom. The van der Waals surface area contributed by atoms with Crippen LogP contribution in [-0.2, 0) is 11.2 Å². The van der Waals surface area contributed by atoms with Crippen molar-refractivity contribution >= 4 is 22.2 Å². The number of hydrogen-bond acceptors (Lipinski definition) is 5. The fourth-order valence-corrected chi connectivity index (χ4v) is 5.15. The van der Waals surface area contributed by atoms with Gasteiger partial charge in [0.05, 0.1) is 23.4 Å². The third kappa shape index (κ3) is 4.30. The van der Waals surface area contributed by atoms with E-state index in [1.165, 1.54) is 16.9 Å². The third-order valence-corrected chi connectivity index (χ3v) is 7.09. The van der Waals surface area contributed by atoms with Gasteiger partial charge in [-0.05, 0) is 57.4 Å². The highest BCUT2D eigenvalue weighted by Gasteiger charge is 2.21. The Hall–Kier alpha value is -3.26. The van der Waals surface area contributed by atoms with Crippen LogP contribution in [0.1, 0.15) is 56.3 Å². The second-order valence-electron chi connectivity index (χ2n) is 8.79. The van der Waals surface area contributed by atoms with Crippen molar-refractivity contribution in [3.05, 3.63) is 68.7 Å². The molecule has 4 rings (SSSR count). The molecule has 8 heteroatoms. The van der Waals surface area contributed by atoms with Crippen LogP contribution in [0.3, 0.4) is 0 Å². The summed E-state index contributed by atoms with van der Waals surface area (Å²) in [5.41, 5.74) is 5.30. The van der Waals surface area contributed by atoms with Crippen LogP contribution >= 0.6 is 11.3 Å². The van der Waals surface area contributed by atoms with Crippen molar-refractivity contribution in [3.8, 4) is 16.9 Å². The molecule has 0 aliphatic rings. The number of nitrogens with zero attached hydrogens (tertiary/aromatic N) is 5. The zero-order valence-electron chi connectivity index (χ0n) is 20.6. The second-order valence-corrected chi connectivity index (χ2v) is 9.63. The van der Waals surface area contributed by atoms with Crippen molar-refractivity contribution in [2.75, 3.05) is 13.1 Å². The first kappa shape index (κ1) is 23.9. The van der Waals surface area contributed by atoms with Crippen molar-refractivity contribution < 1.29 is 4.79 Å². The second kappa shape index (κ2) is 9.54. The van der Waals surface area contributed by atoms with Gasteiger partial charge in [-0.25, -0.2) is 9.67 Å². The number of aromatic nitrogens is 4. The molecular weight excluding hydrogens is 446 g/mol. The number of thiazole rings is 1. The summed E-state index contributed by atoms with van der Waals surface area (Å²) >= 11 is 1.38. The lowest BCUT2D eigenvalue weighted by Gasteiger charge is -2.18. The predicted molar refractivity (Wildman–Crippen MR) is 137 cm³/mol. The number of aryl methyl sites for hydroxylation is 2. The number of fused-ring (bicyclic) bond motifs is 1. The van der Waals surface area contributed by atoms with Crippen LogP contribution in [0.2, 0.25) is 0 Å². The number of likely N-dealkylation sites (N-methyl/N-ethyl adjacent to an activating group) is 1. The SMILES string of the molecule is CCN(CC)C(=O)Cc1csc2nc(C)c(-c3cc(C)n(-c4ccc(C(C)C)cc4)n3)c(=O)n12. The van der Waals surface area contributed by atoms with Gasteiger partial charge in [0.25, 0.3) is 5.56 Å². The van der Waals surface area contributed by atoms with Gasteiger partial charge in [0.2, 0.25) is 5.91 Å². The molecule has 3 aromatic heterocycles. The molecule has 7 nitrogen and oxygen atoms in total. The van der Waals surface area contributed by atoms with Crippen LogP contribution in [0.4, 0.5) is 0 Å². The van der Waals surface area contributed by atoms with Gasteiger partial charge >= 0.3 is 0 Å². The van der Waals surface area contributed by atoms with E-state index in [4.69, 9.17) is 5.10 Å². The lowest BCUT2D eigenvalue weighted by molar-refractivity contribution is -0.130. The maximum absolute atomic E-state index is 13.7. The molecule has 34 heavy (non-hydrogen) atoms. The van der Waals surface area contributed by atoms with Crippen LogP contribution in [0, 0.1) is 13.8 Å². The van der Waals surface area contributed by atoms with Gasteiger partial charge in [0.1, 0.15) is 5.69 Å². The molecule has 1 aromatic carbocycles. The molecule has 0 aliphatic carbocycles. The molecule has 178 valence electrons. The van der Waals surface area contributed by atoms with Gasteiger partial charge in [0.15, 0.2) is 4.96 Å². The summed E-state index contributed by atoms with van der Waals surface area (Å²) in [6.07, 6.45) is 0.168. The molecular formula is C26H31N5O2S.